The van der Waals surface area contributed by atoms with Crippen molar-refractivity contribution in [1.29, 1.82) is 5.26 Å². The molecule has 0 bridgehead atoms. The highest BCUT2D eigenvalue weighted by Crippen LogP contribution is 2.17. The molecule has 0 atom stereocenters. The summed E-state index contributed by atoms with van der Waals surface area (Å²) in [6, 6.07) is 9.34. The quantitative estimate of drug-likeness (QED) is 0.759. The van der Waals surface area contributed by atoms with Gasteiger partial charge in [-0.05, 0) is 18.6 Å². The lowest BCUT2D eigenvalue weighted by Crippen LogP contribution is -2.07. The monoisotopic (exact) mass is 282 g/mol. The summed E-state index contributed by atoms with van der Waals surface area (Å²) < 4.78 is 0. The first-order valence-electron chi connectivity index (χ1n) is 7.03. The van der Waals surface area contributed by atoms with Crippen LogP contribution in [0.15, 0.2) is 30.5 Å². The molecule has 2 aromatic rings. The fourth-order valence-electron chi connectivity index (χ4n) is 1.84. The van der Waals surface area contributed by atoms with E-state index in [1.807, 2.05) is 18.2 Å². The molecule has 2 N–H and O–H groups in total. The van der Waals surface area contributed by atoms with Crippen molar-refractivity contribution in [2.45, 2.75) is 26.2 Å². The van der Waals surface area contributed by atoms with Gasteiger partial charge in [-0.2, -0.15) is 15.3 Å². The Hall–Kier alpha value is -2.68. The molecule has 0 amide bonds. The predicted octanol–water partition coefficient (Wildman–Crippen LogP) is 3.09. The van der Waals surface area contributed by atoms with Gasteiger partial charge in [0.2, 0.25) is 5.95 Å². The van der Waals surface area contributed by atoms with Gasteiger partial charge in [-0.3, -0.25) is 0 Å². The molecule has 0 aliphatic carbocycles. The van der Waals surface area contributed by atoms with Gasteiger partial charge in [-0.25, -0.2) is 0 Å². The Bertz CT molecular complexity index is 620. The first-order valence-corrected chi connectivity index (χ1v) is 7.03. The zero-order valence-electron chi connectivity index (χ0n) is 12.0. The lowest BCUT2D eigenvalue weighted by molar-refractivity contribution is 0.741. The molecule has 0 saturated carbocycles. The second kappa shape index (κ2) is 7.80. The first kappa shape index (κ1) is 14.7. The molecule has 0 spiro atoms. The van der Waals surface area contributed by atoms with E-state index < -0.39 is 0 Å². The molecule has 1 aromatic heterocycles. The highest BCUT2D eigenvalue weighted by atomic mass is 15.3. The number of nitrogens with one attached hydrogen (secondary N) is 2. The molecule has 0 aliphatic heterocycles. The third-order valence-corrected chi connectivity index (χ3v) is 2.94. The summed E-state index contributed by atoms with van der Waals surface area (Å²) in [6.45, 7) is 3.03. The minimum absolute atomic E-state index is 0.373. The van der Waals surface area contributed by atoms with E-state index in [2.05, 4.69) is 38.8 Å². The maximum Gasteiger partial charge on any atom is 0.249 e. The smallest absolute Gasteiger partial charge is 0.249 e. The van der Waals surface area contributed by atoms with Crippen molar-refractivity contribution in [1.82, 2.24) is 15.2 Å². The number of anilines is 3. The molecule has 0 radical (unpaired) electrons. The summed E-state index contributed by atoms with van der Waals surface area (Å²) in [5.74, 6) is 1.05. The number of nitrogens with zero attached hydrogens (tertiary/aromatic N) is 4. The van der Waals surface area contributed by atoms with Crippen LogP contribution in [0.2, 0.25) is 0 Å². The average molecular weight is 282 g/mol. The van der Waals surface area contributed by atoms with E-state index in [1.165, 1.54) is 12.8 Å². The first-order chi connectivity index (χ1) is 10.3. The third-order valence-electron chi connectivity index (χ3n) is 2.94. The van der Waals surface area contributed by atoms with E-state index in [0.29, 0.717) is 23.0 Å². The van der Waals surface area contributed by atoms with Crippen LogP contribution in [0.4, 0.5) is 17.5 Å². The number of hydrogen-bond acceptors (Lipinski definition) is 6. The predicted molar refractivity (Wildman–Crippen MR) is 82.3 cm³/mol. The maximum atomic E-state index is 9.06. The number of unbranched alkanes of at least 4 members (excludes halogenated alkanes) is 2. The van der Waals surface area contributed by atoms with Gasteiger partial charge < -0.3 is 10.6 Å². The number of nitriles is 1. The summed E-state index contributed by atoms with van der Waals surface area (Å²) >= 11 is 0. The van der Waals surface area contributed by atoms with Gasteiger partial charge >= 0.3 is 0 Å². The summed E-state index contributed by atoms with van der Waals surface area (Å²) in [5.41, 5.74) is 1.22. The van der Waals surface area contributed by atoms with Crippen LogP contribution < -0.4 is 10.6 Å². The van der Waals surface area contributed by atoms with Crippen molar-refractivity contribution < 1.29 is 0 Å². The Morgan fingerprint density at radius 1 is 1.24 bits per heavy atom. The molecule has 0 fully saturated rings. The number of para-hydroxylation sites is 1. The largest absolute Gasteiger partial charge is 0.369 e. The number of hydrogen-bond donors (Lipinski definition) is 2. The fourth-order valence-corrected chi connectivity index (χ4v) is 1.84. The van der Waals surface area contributed by atoms with Gasteiger partial charge in [0.15, 0.2) is 5.82 Å². The van der Waals surface area contributed by atoms with Crippen molar-refractivity contribution in [2.24, 2.45) is 0 Å². The van der Waals surface area contributed by atoms with Crippen LogP contribution in [-0.2, 0) is 0 Å². The molecule has 6 heteroatoms. The van der Waals surface area contributed by atoms with Gasteiger partial charge in [0.1, 0.15) is 6.07 Å². The fraction of sp³-hybridized carbons (Fsp3) is 0.333. The SMILES string of the molecule is CCCCCNc1cnnc(Nc2ccccc2C#N)n1. The van der Waals surface area contributed by atoms with Crippen molar-refractivity contribution in [3.05, 3.63) is 36.0 Å². The van der Waals surface area contributed by atoms with E-state index in [-0.39, 0.29) is 0 Å². The van der Waals surface area contributed by atoms with Crippen LogP contribution in [-0.4, -0.2) is 21.7 Å². The Morgan fingerprint density at radius 3 is 2.90 bits per heavy atom. The molecule has 21 heavy (non-hydrogen) atoms. The van der Waals surface area contributed by atoms with E-state index >= 15 is 0 Å². The average Bonchev–Trinajstić information content (AvgIpc) is 2.52. The molecule has 1 heterocycles. The van der Waals surface area contributed by atoms with E-state index in [4.69, 9.17) is 5.26 Å². The lowest BCUT2D eigenvalue weighted by atomic mass is 10.2. The normalized spacial score (nSPS) is 9.90. The highest BCUT2D eigenvalue weighted by Gasteiger charge is 2.04. The third kappa shape index (κ3) is 4.42. The molecule has 2 rings (SSSR count). The van der Waals surface area contributed by atoms with E-state index in [9.17, 15) is 0 Å². The van der Waals surface area contributed by atoms with Crippen molar-refractivity contribution >= 4 is 17.5 Å². The zero-order chi connectivity index (χ0) is 14.9. The maximum absolute atomic E-state index is 9.06. The summed E-state index contributed by atoms with van der Waals surface area (Å²) in [7, 11) is 0. The summed E-state index contributed by atoms with van der Waals surface area (Å²) in [4.78, 5) is 4.34. The molecule has 0 aliphatic rings. The Kier molecular flexibility index (Phi) is 5.47. The standard InChI is InChI=1S/C15H18N6/c1-2-3-6-9-17-14-11-18-21-15(20-14)19-13-8-5-4-7-12(13)10-16/h4-5,7-8,11H,2-3,6,9H2,1H3,(H2,17,19,20,21). The second-order valence-corrected chi connectivity index (χ2v) is 4.58. The van der Waals surface area contributed by atoms with Crippen LogP contribution >= 0.6 is 0 Å². The van der Waals surface area contributed by atoms with Crippen LogP contribution in [0.1, 0.15) is 31.7 Å². The molecule has 6 nitrogen and oxygen atoms in total. The van der Waals surface area contributed by atoms with Crippen molar-refractivity contribution in [2.75, 3.05) is 17.2 Å². The van der Waals surface area contributed by atoms with Crippen LogP contribution in [0.5, 0.6) is 0 Å². The highest BCUT2D eigenvalue weighted by molar-refractivity contribution is 5.62. The van der Waals surface area contributed by atoms with Crippen molar-refractivity contribution in [3.63, 3.8) is 0 Å². The van der Waals surface area contributed by atoms with Crippen LogP contribution in [0, 0.1) is 11.3 Å². The Labute approximate surface area is 124 Å². The lowest BCUT2D eigenvalue weighted by Gasteiger charge is -2.08. The van der Waals surface area contributed by atoms with Crippen molar-refractivity contribution in [3.8, 4) is 6.07 Å². The molecular weight excluding hydrogens is 264 g/mol. The Morgan fingerprint density at radius 2 is 2.10 bits per heavy atom. The van der Waals surface area contributed by atoms with E-state index in [1.54, 1.807) is 12.3 Å². The zero-order valence-corrected chi connectivity index (χ0v) is 12.0. The molecule has 108 valence electrons. The van der Waals surface area contributed by atoms with Gasteiger partial charge in [0.25, 0.3) is 0 Å². The van der Waals surface area contributed by atoms with Crippen LogP contribution in [0.3, 0.4) is 0 Å². The number of benzene rings is 1. The molecule has 1 aromatic carbocycles. The number of aromatic nitrogens is 3. The molecule has 0 unspecified atom stereocenters. The van der Waals surface area contributed by atoms with Gasteiger partial charge in [0.05, 0.1) is 17.4 Å². The van der Waals surface area contributed by atoms with Gasteiger partial charge in [-0.1, -0.05) is 31.9 Å². The number of rotatable bonds is 7. The van der Waals surface area contributed by atoms with E-state index in [0.717, 1.165) is 13.0 Å². The minimum atomic E-state index is 0.373. The molecular formula is C15H18N6. The second-order valence-electron chi connectivity index (χ2n) is 4.58. The Balaban J connectivity index is 2.02. The van der Waals surface area contributed by atoms with Crippen LogP contribution in [0.25, 0.3) is 0 Å². The topological polar surface area (TPSA) is 86.5 Å². The minimum Gasteiger partial charge on any atom is -0.369 e. The summed E-state index contributed by atoms with van der Waals surface area (Å²) in [6.07, 6.45) is 5.06. The van der Waals surface area contributed by atoms with Gasteiger partial charge in [-0.15, -0.1) is 5.10 Å². The molecule has 0 saturated heterocycles. The summed E-state index contributed by atoms with van der Waals surface area (Å²) in [5, 5.41) is 23.1. The van der Waals surface area contributed by atoms with Gasteiger partial charge in [0, 0.05) is 6.54 Å².